The van der Waals surface area contributed by atoms with E-state index in [9.17, 15) is 4.79 Å². The first-order chi connectivity index (χ1) is 10.6. The predicted octanol–water partition coefficient (Wildman–Crippen LogP) is -0.324. The first-order valence-corrected chi connectivity index (χ1v) is 7.51. The lowest BCUT2D eigenvalue weighted by molar-refractivity contribution is -0.134. The highest BCUT2D eigenvalue weighted by atomic mass is 16.2. The fraction of sp³-hybridized carbons (Fsp3) is 0.571. The van der Waals surface area contributed by atoms with Crippen LogP contribution in [0.1, 0.15) is 12.6 Å². The van der Waals surface area contributed by atoms with Gasteiger partial charge in [-0.1, -0.05) is 6.92 Å². The number of hydrogen-bond donors (Lipinski definition) is 1. The molecule has 0 aromatic carbocycles. The topological polar surface area (TPSA) is 92.7 Å². The minimum Gasteiger partial charge on any atom is -0.353 e. The molecule has 3 rings (SSSR count). The summed E-state index contributed by atoms with van der Waals surface area (Å²) in [6.45, 7) is 7.13. The molecule has 22 heavy (non-hydrogen) atoms. The zero-order valence-electron chi connectivity index (χ0n) is 12.9. The molecular weight excluding hydrogens is 282 g/mol. The van der Waals surface area contributed by atoms with Crippen LogP contribution in [0.5, 0.6) is 0 Å². The van der Waals surface area contributed by atoms with Gasteiger partial charge in [-0.05, 0) is 6.92 Å². The number of hydrogen-bond acceptors (Lipinski definition) is 6. The van der Waals surface area contributed by atoms with Crippen LogP contribution in [0.15, 0.2) is 12.4 Å². The largest absolute Gasteiger partial charge is 0.353 e. The van der Waals surface area contributed by atoms with Gasteiger partial charge in [0.25, 0.3) is 5.78 Å². The molecule has 1 atom stereocenters. The molecule has 2 N–H and O–H groups in total. The van der Waals surface area contributed by atoms with Crippen molar-refractivity contribution in [1.29, 1.82) is 0 Å². The molecule has 1 amide bonds. The van der Waals surface area contributed by atoms with Crippen LogP contribution in [0, 0.1) is 12.8 Å². The summed E-state index contributed by atoms with van der Waals surface area (Å²) >= 11 is 0. The van der Waals surface area contributed by atoms with Crippen LogP contribution in [-0.4, -0.2) is 63.1 Å². The van der Waals surface area contributed by atoms with Gasteiger partial charge in [-0.3, -0.25) is 4.79 Å². The van der Waals surface area contributed by atoms with Gasteiger partial charge in [0.05, 0.1) is 0 Å². The third-order valence-electron chi connectivity index (χ3n) is 4.05. The number of aryl methyl sites for hydroxylation is 1. The predicted molar refractivity (Wildman–Crippen MR) is 82.5 cm³/mol. The number of anilines is 1. The van der Waals surface area contributed by atoms with Gasteiger partial charge in [0.1, 0.15) is 12.1 Å². The minimum absolute atomic E-state index is 0.114. The van der Waals surface area contributed by atoms with Gasteiger partial charge in [0.15, 0.2) is 0 Å². The molecule has 8 nitrogen and oxygen atoms in total. The van der Waals surface area contributed by atoms with Crippen molar-refractivity contribution in [3.05, 3.63) is 18.1 Å². The van der Waals surface area contributed by atoms with Crippen molar-refractivity contribution in [1.82, 2.24) is 24.5 Å². The highest BCUT2D eigenvalue weighted by Crippen LogP contribution is 2.18. The molecule has 1 aliphatic rings. The summed E-state index contributed by atoms with van der Waals surface area (Å²) in [5.74, 6) is 1.60. The molecule has 3 heterocycles. The summed E-state index contributed by atoms with van der Waals surface area (Å²) in [5, 5.41) is 4.23. The average Bonchev–Trinajstić information content (AvgIpc) is 3.01. The Hall–Kier alpha value is -2.22. The number of carbonyl (C=O) groups is 1. The summed E-state index contributed by atoms with van der Waals surface area (Å²) in [7, 11) is 0. The Kier molecular flexibility index (Phi) is 3.93. The SMILES string of the molecule is Cc1cc(N2CCN(C(=O)C(C)CN)CC2)n2ncnc2n1. The molecule has 1 fully saturated rings. The highest BCUT2D eigenvalue weighted by Gasteiger charge is 2.25. The van der Waals surface area contributed by atoms with Crippen LogP contribution in [0.4, 0.5) is 5.82 Å². The van der Waals surface area contributed by atoms with E-state index in [0.29, 0.717) is 25.4 Å². The molecule has 0 saturated carbocycles. The molecule has 1 aliphatic heterocycles. The summed E-state index contributed by atoms with van der Waals surface area (Å²) in [5.41, 5.74) is 6.49. The second-order valence-corrected chi connectivity index (χ2v) is 5.68. The maximum absolute atomic E-state index is 12.2. The molecule has 1 unspecified atom stereocenters. The molecule has 0 bridgehead atoms. The average molecular weight is 303 g/mol. The van der Waals surface area contributed by atoms with E-state index < -0.39 is 0 Å². The monoisotopic (exact) mass is 303 g/mol. The third kappa shape index (κ3) is 2.61. The van der Waals surface area contributed by atoms with Crippen molar-refractivity contribution in [3.63, 3.8) is 0 Å². The molecular formula is C14H21N7O. The summed E-state index contributed by atoms with van der Waals surface area (Å²) in [4.78, 5) is 24.8. The quantitative estimate of drug-likeness (QED) is 0.835. The maximum Gasteiger partial charge on any atom is 0.254 e. The standard InChI is InChI=1S/C14H21N7O/c1-10(8-15)13(22)20-5-3-19(4-6-20)12-7-11(2)18-14-16-9-17-21(12)14/h7,9-10H,3-6,8,15H2,1-2H3. The number of piperazine rings is 1. The smallest absolute Gasteiger partial charge is 0.254 e. The van der Waals surface area contributed by atoms with Crippen molar-refractivity contribution in [2.24, 2.45) is 11.7 Å². The number of aromatic nitrogens is 4. The number of nitrogens with two attached hydrogens (primary N) is 1. The first kappa shape index (κ1) is 14.7. The van der Waals surface area contributed by atoms with Crippen LogP contribution in [0.25, 0.3) is 5.78 Å². The summed E-state index contributed by atoms with van der Waals surface area (Å²) < 4.78 is 1.74. The van der Waals surface area contributed by atoms with Gasteiger partial charge in [-0.15, -0.1) is 0 Å². The van der Waals surface area contributed by atoms with Crippen LogP contribution in [0.2, 0.25) is 0 Å². The fourth-order valence-electron chi connectivity index (χ4n) is 2.70. The van der Waals surface area contributed by atoms with Crippen LogP contribution >= 0.6 is 0 Å². The van der Waals surface area contributed by atoms with Crippen LogP contribution in [0.3, 0.4) is 0 Å². The molecule has 2 aromatic rings. The van der Waals surface area contributed by atoms with Crippen molar-refractivity contribution in [3.8, 4) is 0 Å². The number of amides is 1. The van der Waals surface area contributed by atoms with Crippen LogP contribution < -0.4 is 10.6 Å². The molecule has 2 aromatic heterocycles. The van der Waals surface area contributed by atoms with Gasteiger partial charge in [0, 0.05) is 50.4 Å². The van der Waals surface area contributed by atoms with Gasteiger partial charge in [-0.25, -0.2) is 4.98 Å². The lowest BCUT2D eigenvalue weighted by atomic mass is 10.1. The van der Waals surface area contributed by atoms with E-state index in [1.807, 2.05) is 24.8 Å². The van der Waals surface area contributed by atoms with E-state index in [4.69, 9.17) is 5.73 Å². The second-order valence-electron chi connectivity index (χ2n) is 5.68. The molecule has 0 aliphatic carbocycles. The highest BCUT2D eigenvalue weighted by molar-refractivity contribution is 5.79. The summed E-state index contributed by atoms with van der Waals surface area (Å²) in [6, 6.07) is 2.00. The van der Waals surface area contributed by atoms with Crippen molar-refractivity contribution < 1.29 is 4.79 Å². The van der Waals surface area contributed by atoms with Crippen molar-refractivity contribution >= 4 is 17.5 Å². The second kappa shape index (κ2) is 5.88. The van der Waals surface area contributed by atoms with Crippen LogP contribution in [-0.2, 0) is 4.79 Å². The van der Waals surface area contributed by atoms with E-state index >= 15 is 0 Å². The third-order valence-corrected chi connectivity index (χ3v) is 4.05. The Morgan fingerprint density at radius 2 is 2.09 bits per heavy atom. The molecule has 118 valence electrons. The van der Waals surface area contributed by atoms with E-state index in [2.05, 4.69) is 20.0 Å². The first-order valence-electron chi connectivity index (χ1n) is 7.51. The molecule has 1 saturated heterocycles. The zero-order chi connectivity index (χ0) is 15.7. The Balaban J connectivity index is 1.76. The Morgan fingerprint density at radius 1 is 1.36 bits per heavy atom. The summed E-state index contributed by atoms with van der Waals surface area (Å²) in [6.07, 6.45) is 1.51. The molecule has 0 radical (unpaired) electrons. The van der Waals surface area contributed by atoms with Crippen molar-refractivity contribution in [2.45, 2.75) is 13.8 Å². The van der Waals surface area contributed by atoms with Gasteiger partial charge in [0.2, 0.25) is 5.91 Å². The number of rotatable bonds is 3. The lowest BCUT2D eigenvalue weighted by Crippen LogP contribution is -2.51. The zero-order valence-corrected chi connectivity index (χ0v) is 12.9. The number of carbonyl (C=O) groups excluding carboxylic acids is 1. The van der Waals surface area contributed by atoms with E-state index in [-0.39, 0.29) is 11.8 Å². The normalized spacial score (nSPS) is 17.0. The van der Waals surface area contributed by atoms with Crippen molar-refractivity contribution in [2.75, 3.05) is 37.6 Å². The number of nitrogens with zero attached hydrogens (tertiary/aromatic N) is 6. The van der Waals surface area contributed by atoms with Gasteiger partial charge in [-0.2, -0.15) is 14.6 Å². The molecule has 0 spiro atoms. The van der Waals surface area contributed by atoms with E-state index in [0.717, 1.165) is 24.6 Å². The van der Waals surface area contributed by atoms with E-state index in [1.165, 1.54) is 6.33 Å². The number of fused-ring (bicyclic) bond motifs is 1. The Bertz CT molecular complexity index is 675. The molecule has 8 heteroatoms. The maximum atomic E-state index is 12.2. The van der Waals surface area contributed by atoms with E-state index in [1.54, 1.807) is 4.52 Å². The van der Waals surface area contributed by atoms with Gasteiger partial charge < -0.3 is 15.5 Å². The minimum atomic E-state index is -0.114. The Labute approximate surface area is 128 Å². The van der Waals surface area contributed by atoms with Gasteiger partial charge >= 0.3 is 0 Å². The Morgan fingerprint density at radius 3 is 2.77 bits per heavy atom. The lowest BCUT2D eigenvalue weighted by Gasteiger charge is -2.36. The fourth-order valence-corrected chi connectivity index (χ4v) is 2.70.